The third-order valence-corrected chi connectivity index (χ3v) is 6.42. The van der Waals surface area contributed by atoms with Gasteiger partial charge in [0.1, 0.15) is 6.04 Å². The monoisotopic (exact) mass is 450 g/mol. The Morgan fingerprint density at radius 3 is 2.41 bits per heavy atom. The summed E-state index contributed by atoms with van der Waals surface area (Å²) in [6.45, 7) is 0. The average Bonchev–Trinajstić information content (AvgIpc) is 2.67. The molecule has 3 N–H and O–H groups in total. The van der Waals surface area contributed by atoms with Gasteiger partial charge in [-0.2, -0.15) is 4.72 Å². The summed E-state index contributed by atoms with van der Waals surface area (Å²) < 4.78 is 28.3. The van der Waals surface area contributed by atoms with Crippen LogP contribution in [0, 0.1) is 0 Å². The summed E-state index contributed by atoms with van der Waals surface area (Å²) in [5.41, 5.74) is 4.75. The van der Waals surface area contributed by atoms with Crippen molar-refractivity contribution in [1.82, 2.24) is 10.2 Å². The molecule has 0 aliphatic heterocycles. The molecule has 8 heteroatoms. The van der Waals surface area contributed by atoms with E-state index in [1.165, 1.54) is 17.7 Å². The number of carbonyl (C=O) groups is 1. The van der Waals surface area contributed by atoms with Crippen molar-refractivity contribution in [2.75, 3.05) is 0 Å². The Labute approximate surface area is 166 Å². The van der Waals surface area contributed by atoms with Gasteiger partial charge in [0, 0.05) is 4.47 Å². The molecule has 0 heterocycles. The lowest BCUT2D eigenvalue weighted by molar-refractivity contribution is -0.130. The summed E-state index contributed by atoms with van der Waals surface area (Å²) >= 11 is 3.25. The molecule has 27 heavy (non-hydrogen) atoms. The molecule has 1 aliphatic carbocycles. The lowest BCUT2D eigenvalue weighted by Gasteiger charge is -2.19. The molecule has 142 valence electrons. The summed E-state index contributed by atoms with van der Waals surface area (Å²) in [6, 6.07) is 10.8. The van der Waals surface area contributed by atoms with E-state index in [9.17, 15) is 13.2 Å². The van der Waals surface area contributed by atoms with Crippen molar-refractivity contribution in [2.45, 2.75) is 30.2 Å². The summed E-state index contributed by atoms with van der Waals surface area (Å²) in [5, 5.41) is 9.03. The van der Waals surface area contributed by atoms with Gasteiger partial charge < -0.3 is 0 Å². The maximum Gasteiger partial charge on any atom is 0.261 e. The van der Waals surface area contributed by atoms with Crippen LogP contribution in [0.4, 0.5) is 0 Å². The van der Waals surface area contributed by atoms with Gasteiger partial charge in [0.2, 0.25) is 10.0 Å². The Balaban J connectivity index is 1.82. The number of fused-ring (bicyclic) bond motifs is 1. The Hall–Kier alpha value is -2.00. The molecule has 0 aromatic heterocycles. The molecule has 3 rings (SSSR count). The normalized spacial score (nSPS) is 14.4. The SMILES string of the molecule is O=C(NO)[C@@H](Cc1ccc2c(c1)CC=CC2)NS(=O)(=O)c1ccc(Br)cc1. The number of allylic oxidation sites excluding steroid dienone is 2. The largest absolute Gasteiger partial charge is 0.289 e. The highest BCUT2D eigenvalue weighted by Gasteiger charge is 2.26. The zero-order chi connectivity index (χ0) is 19.4. The van der Waals surface area contributed by atoms with Gasteiger partial charge in [0.25, 0.3) is 5.91 Å². The van der Waals surface area contributed by atoms with Gasteiger partial charge >= 0.3 is 0 Å². The van der Waals surface area contributed by atoms with E-state index in [1.54, 1.807) is 17.6 Å². The Bertz CT molecular complexity index is 972. The number of hydrogen-bond donors (Lipinski definition) is 3. The van der Waals surface area contributed by atoms with Gasteiger partial charge in [-0.25, -0.2) is 13.9 Å². The third-order valence-electron chi connectivity index (χ3n) is 4.40. The summed E-state index contributed by atoms with van der Waals surface area (Å²) in [7, 11) is -3.92. The fraction of sp³-hybridized carbons (Fsp3) is 0.211. The summed E-state index contributed by atoms with van der Waals surface area (Å²) in [4.78, 5) is 12.1. The van der Waals surface area contributed by atoms with Gasteiger partial charge in [-0.05, 0) is 60.2 Å². The standard InChI is InChI=1S/C19H19BrN2O4S/c20-16-7-9-17(10-8-16)27(25,26)22-18(19(23)21-24)12-13-5-6-14-3-1-2-4-15(14)11-13/h1-2,5-11,18,22,24H,3-4,12H2,(H,21,23)/t18-/m1/s1. The van der Waals surface area contributed by atoms with Gasteiger partial charge in [0.15, 0.2) is 0 Å². The molecular formula is C19H19BrN2O4S. The molecule has 0 saturated heterocycles. The van der Waals surface area contributed by atoms with Crippen molar-refractivity contribution in [2.24, 2.45) is 0 Å². The molecule has 0 spiro atoms. The number of hydrogen-bond acceptors (Lipinski definition) is 4. The second-order valence-corrected chi connectivity index (χ2v) is 8.92. The summed E-state index contributed by atoms with van der Waals surface area (Å²) in [6.07, 6.45) is 5.99. The molecular weight excluding hydrogens is 432 g/mol. The van der Waals surface area contributed by atoms with Crippen molar-refractivity contribution in [1.29, 1.82) is 0 Å². The van der Waals surface area contributed by atoms with Crippen molar-refractivity contribution in [3.8, 4) is 0 Å². The number of rotatable bonds is 6. The Morgan fingerprint density at radius 1 is 1.07 bits per heavy atom. The molecule has 2 aromatic rings. The van der Waals surface area contributed by atoms with Gasteiger partial charge in [0.05, 0.1) is 4.90 Å². The minimum absolute atomic E-state index is 0.0389. The minimum Gasteiger partial charge on any atom is -0.289 e. The predicted octanol–water partition coefficient (Wildman–Crippen LogP) is 2.50. The molecule has 0 unspecified atom stereocenters. The molecule has 0 fully saturated rings. The number of amides is 1. The van der Waals surface area contributed by atoms with Crippen LogP contribution >= 0.6 is 15.9 Å². The van der Waals surface area contributed by atoms with Crippen LogP contribution in [0.1, 0.15) is 16.7 Å². The average molecular weight is 451 g/mol. The van der Waals surface area contributed by atoms with Crippen LogP contribution < -0.4 is 10.2 Å². The molecule has 1 aliphatic rings. The highest BCUT2D eigenvalue weighted by atomic mass is 79.9. The number of halogens is 1. The van der Waals surface area contributed by atoms with Crippen LogP contribution in [0.25, 0.3) is 0 Å². The van der Waals surface area contributed by atoms with Crippen molar-refractivity contribution in [3.63, 3.8) is 0 Å². The highest BCUT2D eigenvalue weighted by molar-refractivity contribution is 9.10. The first-order valence-electron chi connectivity index (χ1n) is 8.36. The van der Waals surface area contributed by atoms with E-state index >= 15 is 0 Å². The van der Waals surface area contributed by atoms with E-state index in [4.69, 9.17) is 5.21 Å². The quantitative estimate of drug-likeness (QED) is 0.357. The van der Waals surface area contributed by atoms with E-state index < -0.39 is 22.0 Å². The van der Waals surface area contributed by atoms with E-state index in [1.807, 2.05) is 18.2 Å². The zero-order valence-corrected chi connectivity index (χ0v) is 16.8. The van der Waals surface area contributed by atoms with E-state index in [2.05, 4.69) is 32.8 Å². The molecule has 0 saturated carbocycles. The van der Waals surface area contributed by atoms with Gasteiger partial charge in [-0.15, -0.1) is 0 Å². The number of sulfonamides is 1. The Kier molecular flexibility index (Phi) is 6.11. The smallest absolute Gasteiger partial charge is 0.261 e. The van der Waals surface area contributed by atoms with Crippen LogP contribution in [0.15, 0.2) is 64.0 Å². The molecule has 0 radical (unpaired) electrons. The number of carbonyl (C=O) groups excluding carboxylic acids is 1. The topological polar surface area (TPSA) is 95.5 Å². The zero-order valence-electron chi connectivity index (χ0n) is 14.4. The van der Waals surface area contributed by atoms with Crippen LogP contribution in [0.2, 0.25) is 0 Å². The van der Waals surface area contributed by atoms with Gasteiger partial charge in [-0.3, -0.25) is 10.0 Å². The lowest BCUT2D eigenvalue weighted by Crippen LogP contribution is -2.47. The first-order valence-corrected chi connectivity index (χ1v) is 10.6. The first kappa shape index (κ1) is 19.8. The van der Waals surface area contributed by atoms with Crippen LogP contribution in [-0.2, 0) is 34.1 Å². The van der Waals surface area contributed by atoms with E-state index in [0.717, 1.165) is 28.4 Å². The second-order valence-electron chi connectivity index (χ2n) is 6.29. The fourth-order valence-electron chi connectivity index (χ4n) is 2.99. The Morgan fingerprint density at radius 2 is 1.74 bits per heavy atom. The maximum absolute atomic E-state index is 12.6. The van der Waals surface area contributed by atoms with Crippen LogP contribution in [0.3, 0.4) is 0 Å². The fourth-order valence-corrected chi connectivity index (χ4v) is 4.45. The van der Waals surface area contributed by atoms with Crippen LogP contribution in [-0.4, -0.2) is 25.6 Å². The van der Waals surface area contributed by atoms with Crippen molar-refractivity contribution in [3.05, 3.63) is 75.8 Å². The van der Waals surface area contributed by atoms with Crippen molar-refractivity contribution < 1.29 is 18.4 Å². The number of hydroxylamine groups is 1. The van der Waals surface area contributed by atoms with Crippen molar-refractivity contribution >= 4 is 31.9 Å². The van der Waals surface area contributed by atoms with Gasteiger partial charge in [-0.1, -0.05) is 46.3 Å². The molecule has 2 aromatic carbocycles. The third kappa shape index (κ3) is 4.84. The van der Waals surface area contributed by atoms with Crippen LogP contribution in [0.5, 0.6) is 0 Å². The number of nitrogens with one attached hydrogen (secondary N) is 2. The first-order chi connectivity index (χ1) is 12.9. The number of benzene rings is 2. The second kappa shape index (κ2) is 8.35. The van der Waals surface area contributed by atoms with E-state index in [0.29, 0.717) is 0 Å². The maximum atomic E-state index is 12.6. The molecule has 6 nitrogen and oxygen atoms in total. The molecule has 1 atom stereocenters. The minimum atomic E-state index is -3.92. The van der Waals surface area contributed by atoms with E-state index in [-0.39, 0.29) is 11.3 Å². The predicted molar refractivity (Wildman–Crippen MR) is 105 cm³/mol. The lowest BCUT2D eigenvalue weighted by atomic mass is 9.93. The summed E-state index contributed by atoms with van der Waals surface area (Å²) in [5.74, 6) is -0.812. The molecule has 0 bridgehead atoms. The molecule has 1 amide bonds. The highest BCUT2D eigenvalue weighted by Crippen LogP contribution is 2.20.